The normalized spacial score (nSPS) is 10.2. The van der Waals surface area contributed by atoms with E-state index >= 15 is 0 Å². The summed E-state index contributed by atoms with van der Waals surface area (Å²) < 4.78 is 0. The highest BCUT2D eigenvalue weighted by atomic mass is 32.1. The van der Waals surface area contributed by atoms with Crippen LogP contribution in [0.25, 0.3) is 11.3 Å². The molecule has 0 atom stereocenters. The monoisotopic (exact) mass is 310 g/mol. The number of benzene rings is 1. The van der Waals surface area contributed by atoms with E-state index in [1.807, 2.05) is 47.8 Å². The Kier molecular flexibility index (Phi) is 4.11. The summed E-state index contributed by atoms with van der Waals surface area (Å²) in [5, 5.41) is 8.69. The molecule has 110 valence electrons. The van der Waals surface area contributed by atoms with Crippen molar-refractivity contribution in [2.75, 3.05) is 10.6 Å². The predicted molar refractivity (Wildman–Crippen MR) is 89.4 cm³/mol. The standard InChI is InChI=1S/C16H14N4OS/c1-11(21)18-13-6-4-5-12(9-13)14-10-22-16(19-14)20-15-7-2-3-8-17-15/h2-10H,1H3,(H,18,21)(H,17,19,20). The number of nitrogens with zero attached hydrogens (tertiary/aromatic N) is 2. The lowest BCUT2D eigenvalue weighted by molar-refractivity contribution is -0.114. The zero-order chi connectivity index (χ0) is 15.4. The van der Waals surface area contributed by atoms with Gasteiger partial charge in [0.15, 0.2) is 5.13 Å². The molecular weight excluding hydrogens is 296 g/mol. The van der Waals surface area contributed by atoms with E-state index < -0.39 is 0 Å². The second-order valence-electron chi connectivity index (χ2n) is 4.64. The molecule has 0 unspecified atom stereocenters. The molecule has 0 aliphatic carbocycles. The molecule has 1 amide bonds. The lowest BCUT2D eigenvalue weighted by Gasteiger charge is -2.04. The zero-order valence-electron chi connectivity index (χ0n) is 11.9. The smallest absolute Gasteiger partial charge is 0.221 e. The Morgan fingerprint density at radius 3 is 2.86 bits per heavy atom. The molecule has 0 bridgehead atoms. The van der Waals surface area contributed by atoms with Crippen molar-refractivity contribution in [3.8, 4) is 11.3 Å². The molecule has 3 aromatic rings. The minimum absolute atomic E-state index is 0.0899. The van der Waals surface area contributed by atoms with E-state index in [9.17, 15) is 4.79 Å². The van der Waals surface area contributed by atoms with Gasteiger partial charge in [0.2, 0.25) is 5.91 Å². The molecule has 5 nitrogen and oxygen atoms in total. The van der Waals surface area contributed by atoms with Crippen LogP contribution in [0.15, 0.2) is 54.0 Å². The van der Waals surface area contributed by atoms with Crippen LogP contribution in [-0.4, -0.2) is 15.9 Å². The molecule has 2 aromatic heterocycles. The van der Waals surface area contributed by atoms with Gasteiger partial charge in [0, 0.05) is 29.8 Å². The number of amides is 1. The van der Waals surface area contributed by atoms with Gasteiger partial charge in [-0.05, 0) is 24.3 Å². The quantitative estimate of drug-likeness (QED) is 0.767. The molecular formula is C16H14N4OS. The fourth-order valence-electron chi connectivity index (χ4n) is 1.97. The van der Waals surface area contributed by atoms with E-state index in [0.29, 0.717) is 0 Å². The lowest BCUT2D eigenvalue weighted by Crippen LogP contribution is -2.05. The molecule has 0 saturated carbocycles. The molecule has 0 aliphatic rings. The van der Waals surface area contributed by atoms with Gasteiger partial charge in [-0.3, -0.25) is 4.79 Å². The van der Waals surface area contributed by atoms with E-state index in [4.69, 9.17) is 0 Å². The Morgan fingerprint density at radius 1 is 1.18 bits per heavy atom. The number of carbonyl (C=O) groups is 1. The molecule has 0 saturated heterocycles. The highest BCUT2D eigenvalue weighted by Gasteiger charge is 2.06. The van der Waals surface area contributed by atoms with Crippen LogP contribution in [0.5, 0.6) is 0 Å². The third kappa shape index (κ3) is 3.48. The van der Waals surface area contributed by atoms with Crippen LogP contribution in [-0.2, 0) is 4.79 Å². The third-order valence-electron chi connectivity index (χ3n) is 2.88. The minimum atomic E-state index is -0.0899. The van der Waals surface area contributed by atoms with Gasteiger partial charge in [0.1, 0.15) is 5.82 Å². The van der Waals surface area contributed by atoms with Gasteiger partial charge in [0.05, 0.1) is 5.69 Å². The minimum Gasteiger partial charge on any atom is -0.326 e. The summed E-state index contributed by atoms with van der Waals surface area (Å²) in [5.41, 5.74) is 2.57. The fraction of sp³-hybridized carbons (Fsp3) is 0.0625. The fourth-order valence-corrected chi connectivity index (χ4v) is 2.70. The highest BCUT2D eigenvalue weighted by Crippen LogP contribution is 2.28. The van der Waals surface area contributed by atoms with E-state index in [2.05, 4.69) is 20.6 Å². The summed E-state index contributed by atoms with van der Waals surface area (Å²) in [6.07, 6.45) is 1.73. The maximum atomic E-state index is 11.1. The Morgan fingerprint density at radius 2 is 2.09 bits per heavy atom. The van der Waals surface area contributed by atoms with Crippen LogP contribution >= 0.6 is 11.3 Å². The SMILES string of the molecule is CC(=O)Nc1cccc(-c2csc(Nc3ccccn3)n2)c1. The van der Waals surface area contributed by atoms with E-state index in [1.54, 1.807) is 6.20 Å². The number of pyridine rings is 1. The molecule has 2 N–H and O–H groups in total. The molecule has 6 heteroatoms. The average molecular weight is 310 g/mol. The topological polar surface area (TPSA) is 66.9 Å². The lowest BCUT2D eigenvalue weighted by atomic mass is 10.1. The van der Waals surface area contributed by atoms with Crippen molar-refractivity contribution in [1.29, 1.82) is 0 Å². The van der Waals surface area contributed by atoms with Crippen LogP contribution in [0, 0.1) is 0 Å². The molecule has 0 aliphatic heterocycles. The summed E-state index contributed by atoms with van der Waals surface area (Å²) in [6, 6.07) is 13.3. The number of carbonyl (C=O) groups excluding carboxylic acids is 1. The van der Waals surface area contributed by atoms with Crippen molar-refractivity contribution in [2.24, 2.45) is 0 Å². The molecule has 22 heavy (non-hydrogen) atoms. The first kappa shape index (κ1) is 14.2. The van der Waals surface area contributed by atoms with Crippen molar-refractivity contribution < 1.29 is 4.79 Å². The van der Waals surface area contributed by atoms with Gasteiger partial charge in [-0.2, -0.15) is 0 Å². The number of thiazole rings is 1. The van der Waals surface area contributed by atoms with Gasteiger partial charge in [-0.15, -0.1) is 11.3 Å². The third-order valence-corrected chi connectivity index (χ3v) is 3.64. The Bertz CT molecular complexity index is 786. The van der Waals surface area contributed by atoms with Crippen molar-refractivity contribution in [2.45, 2.75) is 6.92 Å². The number of anilines is 3. The Labute approximate surface area is 132 Å². The second-order valence-corrected chi connectivity index (χ2v) is 5.50. The first-order valence-electron chi connectivity index (χ1n) is 6.72. The van der Waals surface area contributed by atoms with Crippen molar-refractivity contribution >= 4 is 33.9 Å². The van der Waals surface area contributed by atoms with Gasteiger partial charge in [0.25, 0.3) is 0 Å². The van der Waals surface area contributed by atoms with Crippen molar-refractivity contribution in [1.82, 2.24) is 9.97 Å². The van der Waals surface area contributed by atoms with Crippen molar-refractivity contribution in [3.05, 3.63) is 54.0 Å². The van der Waals surface area contributed by atoms with Crippen molar-refractivity contribution in [3.63, 3.8) is 0 Å². The Balaban J connectivity index is 1.80. The number of aromatic nitrogens is 2. The summed E-state index contributed by atoms with van der Waals surface area (Å²) in [5.74, 6) is 0.670. The number of hydrogen-bond donors (Lipinski definition) is 2. The van der Waals surface area contributed by atoms with Gasteiger partial charge >= 0.3 is 0 Å². The maximum Gasteiger partial charge on any atom is 0.221 e. The summed E-state index contributed by atoms with van der Waals surface area (Å²) in [4.78, 5) is 19.9. The maximum absolute atomic E-state index is 11.1. The first-order chi connectivity index (χ1) is 10.7. The average Bonchev–Trinajstić information content (AvgIpc) is 2.96. The molecule has 3 rings (SSSR count). The van der Waals surface area contributed by atoms with Crippen LogP contribution in [0.2, 0.25) is 0 Å². The van der Waals surface area contributed by atoms with E-state index in [1.165, 1.54) is 18.3 Å². The van der Waals surface area contributed by atoms with Gasteiger partial charge in [-0.25, -0.2) is 9.97 Å². The molecule has 1 aromatic carbocycles. The summed E-state index contributed by atoms with van der Waals surface area (Å²) in [6.45, 7) is 1.49. The van der Waals surface area contributed by atoms with Crippen LogP contribution < -0.4 is 10.6 Å². The second kappa shape index (κ2) is 6.36. The largest absolute Gasteiger partial charge is 0.326 e. The molecule has 2 heterocycles. The highest BCUT2D eigenvalue weighted by molar-refractivity contribution is 7.14. The van der Waals surface area contributed by atoms with E-state index in [-0.39, 0.29) is 5.91 Å². The Hall–Kier alpha value is -2.73. The van der Waals surface area contributed by atoms with Crippen LogP contribution in [0.3, 0.4) is 0 Å². The van der Waals surface area contributed by atoms with Gasteiger partial charge < -0.3 is 10.6 Å². The van der Waals surface area contributed by atoms with E-state index in [0.717, 1.165) is 27.9 Å². The number of hydrogen-bond acceptors (Lipinski definition) is 5. The van der Waals surface area contributed by atoms with Crippen LogP contribution in [0.4, 0.5) is 16.6 Å². The predicted octanol–water partition coefficient (Wildman–Crippen LogP) is 3.91. The zero-order valence-corrected chi connectivity index (χ0v) is 12.7. The number of nitrogens with one attached hydrogen (secondary N) is 2. The summed E-state index contributed by atoms with van der Waals surface area (Å²) >= 11 is 1.51. The molecule has 0 radical (unpaired) electrons. The number of rotatable bonds is 4. The molecule has 0 fully saturated rings. The molecule has 0 spiro atoms. The summed E-state index contributed by atoms with van der Waals surface area (Å²) in [7, 11) is 0. The van der Waals surface area contributed by atoms with Gasteiger partial charge in [-0.1, -0.05) is 18.2 Å². The first-order valence-corrected chi connectivity index (χ1v) is 7.60. The van der Waals surface area contributed by atoms with Crippen LogP contribution in [0.1, 0.15) is 6.92 Å².